The highest BCUT2D eigenvalue weighted by Gasteiger charge is 2.35. The largest absolute Gasteiger partial charge is 0.481 e. The number of benzene rings is 4. The minimum atomic E-state index is -3.44. The highest BCUT2D eigenvalue weighted by Crippen LogP contribution is 2.50. The van der Waals surface area contributed by atoms with E-state index in [1.165, 1.54) is 204 Å². The number of anilines is 4. The molecule has 1 heterocycles. The third-order valence-electron chi connectivity index (χ3n) is 29.6. The van der Waals surface area contributed by atoms with Crippen LogP contribution >= 0.6 is 30.1 Å². The summed E-state index contributed by atoms with van der Waals surface area (Å²) in [6.07, 6.45) is 95.0. The lowest BCUT2D eigenvalue weighted by atomic mass is 9.73. The number of carboxylic acids is 1. The van der Waals surface area contributed by atoms with Crippen LogP contribution in [-0.4, -0.2) is 99.3 Å². The molecule has 10 aliphatic carbocycles. The van der Waals surface area contributed by atoms with Crippen LogP contribution in [0, 0.1) is 108 Å². The second kappa shape index (κ2) is 71.6. The normalized spacial score (nSPS) is 20.2. The Morgan fingerprint density at radius 1 is 0.364 bits per heavy atom. The van der Waals surface area contributed by atoms with Crippen molar-refractivity contribution in [2.24, 2.45) is 64.9 Å². The first-order valence-corrected chi connectivity index (χ1v) is 61.4. The predicted octanol–water partition coefficient (Wildman–Crippen LogP) is 28.1. The van der Waals surface area contributed by atoms with Crippen molar-refractivity contribution in [1.29, 1.82) is 0 Å². The number of carboxylic acid groups (broad SMARTS) is 1. The molecule has 1 saturated heterocycles. The van der Waals surface area contributed by atoms with Gasteiger partial charge in [-0.15, -0.1) is 30.8 Å². The van der Waals surface area contributed by atoms with Crippen LogP contribution in [0.5, 0.6) is 0 Å². The Bertz CT molecular complexity index is 4420. The van der Waals surface area contributed by atoms with Gasteiger partial charge in [0.05, 0.1) is 44.5 Å². The summed E-state index contributed by atoms with van der Waals surface area (Å²) >= 11 is 0. The molecule has 10 saturated carbocycles. The number of hydrogen-bond acceptors (Lipinski definition) is 16. The van der Waals surface area contributed by atoms with Crippen molar-refractivity contribution in [3.8, 4) is 48.3 Å². The molecule has 4 atom stereocenters. The molecular weight excluding hydrogens is 1880 g/mol. The quantitative estimate of drug-likeness (QED) is 0.0133. The number of terminal acetylenes is 4. The first kappa shape index (κ1) is 124. The van der Waals surface area contributed by atoms with Gasteiger partial charge < -0.3 is 70.5 Å². The first-order chi connectivity index (χ1) is 69.3. The number of nitrogens with two attached hydrogens (primary N) is 1. The fourth-order valence-corrected chi connectivity index (χ4v) is 26.1. The Morgan fingerprint density at radius 3 is 0.818 bits per heavy atom. The molecule has 796 valence electrons. The van der Waals surface area contributed by atoms with Crippen molar-refractivity contribution in [2.75, 3.05) is 74.0 Å². The van der Waals surface area contributed by atoms with Gasteiger partial charge in [0.15, 0.2) is 0 Å². The molecule has 11 aliphatic rings. The predicted molar refractivity (Wildman–Crippen MR) is 584 cm³/mol. The first-order valence-electron chi connectivity index (χ1n) is 54.9. The van der Waals surface area contributed by atoms with Gasteiger partial charge >= 0.3 is 42.0 Å². The van der Waals surface area contributed by atoms with E-state index in [1.807, 2.05) is 48.5 Å². The Morgan fingerprint density at radius 2 is 0.594 bits per heavy atom. The zero-order chi connectivity index (χ0) is 104. The van der Waals surface area contributed by atoms with Crippen LogP contribution in [0.4, 0.5) is 22.7 Å². The third kappa shape index (κ3) is 48.3. The number of hydrogen-bond donors (Lipinski definition) is 9. The van der Waals surface area contributed by atoms with Crippen LogP contribution in [0.2, 0.25) is 0 Å². The molecule has 0 spiro atoms. The van der Waals surface area contributed by atoms with Crippen LogP contribution in [-0.2, 0) is 73.2 Å². The number of imide groups is 1. The number of carbonyl (C=O) groups excluding carboxylic acids is 5. The van der Waals surface area contributed by atoms with Gasteiger partial charge in [-0.05, 0) is 198 Å². The summed E-state index contributed by atoms with van der Waals surface area (Å²) < 4.78 is 68.5. The van der Waals surface area contributed by atoms with E-state index in [0.29, 0.717) is 46.5 Å². The molecule has 0 aromatic heterocycles. The number of carbonyl (C=O) groups is 6. The lowest BCUT2D eigenvalue weighted by molar-refractivity contribution is -0.366. The molecule has 0 radical (unpaired) electrons. The molecule has 4 amide bonds. The standard InChI is InChI=1S/C19H27N2O3P.C15H15N2O6P.C12H15N2O3P.C12H17N2O2P.4C12H22.C7H12O2.CH5N/c1-3-24-25(23,4-2)21-18-12-10-16(11-13-18)14-15-20-19(22)17-8-6-5-7-9-17;1-3-22-24(21,4-2)16-12-7-5-11(6-8-12)15(20)23-17-13(18)9-10-14(17)19;1-4-17-18(16,5-2)14-11-8-6-10(7-9-11)12(15)13-3;1-3-16-17(15,4-2)14-12-7-5-11(6-8-12)9-10-13;4*1-3-7-11(8-4-1)12-9-5-2-6-10-12;8-7(9)6-4-2-1-3-5-6;1-2/h2,10-13,17H,3,5-9,14-15H2,1H3,(H,20,22)(H,21,23);2,5-8H,3,9-10H2,1H3,(H,16,21);2,6-9H,4H2,1,3H3,(H,13,15)(H,14,16);2,5-8H,3,9-10,13H2,1H3,(H,14,15);4*11-12H,1-10H2;6H,1-5H2,(H,8,9);2H2,1H3/p+1. The van der Waals surface area contributed by atoms with E-state index < -0.39 is 53.8 Å². The van der Waals surface area contributed by atoms with E-state index in [0.717, 1.165) is 124 Å². The van der Waals surface area contributed by atoms with Crippen LogP contribution in [0.1, 0.15) is 393 Å². The highest BCUT2D eigenvalue weighted by atomic mass is 31.2. The maximum absolute atomic E-state index is 12.2. The van der Waals surface area contributed by atoms with Crippen molar-refractivity contribution in [1.82, 2.24) is 15.7 Å². The zero-order valence-corrected chi connectivity index (χ0v) is 91.4. The van der Waals surface area contributed by atoms with Gasteiger partial charge in [-0.3, -0.25) is 42.2 Å². The SMILES string of the molecule is C#CP(=O)(Nc1ccc(C(=O)NC)cc1)OCC.C#CP(=O)(Nc1ccc(C(=O)ON2C(=O)CCC2=O)cc1)OCC.C#CP(=O)(Nc1ccc(CCNC(=O)C2CCCCC2)cc1)OCC.C#CP(=O)(Nc1ccc(CC[NH3+])cc1)OCC.C1CCC(C2CCCCC2)CC1.C1CCC(C2CCCCC2)CC1.C1CCC(C2CCCCC2)CC1.C1CCC(C2CCCCC2)CC1.CN.O=C(O)C1CCCCC1. The monoisotopic (exact) mass is 2060 g/mol. The van der Waals surface area contributed by atoms with Gasteiger partial charge in [0, 0.05) is 89.7 Å². The summed E-state index contributed by atoms with van der Waals surface area (Å²) in [7, 11) is -10.1. The summed E-state index contributed by atoms with van der Waals surface area (Å²) in [5, 5.41) is 25.3. The molecule has 0 bridgehead atoms. The maximum Gasteiger partial charge on any atom is 0.367 e. The fourth-order valence-electron chi connectivity index (χ4n) is 21.9. The minimum Gasteiger partial charge on any atom is -0.481 e. The van der Waals surface area contributed by atoms with Crippen LogP contribution in [0.3, 0.4) is 0 Å². The van der Waals surface area contributed by atoms with Crippen molar-refractivity contribution >= 4 is 88.4 Å². The molecule has 11 fully saturated rings. The Kier molecular flexibility index (Phi) is 61.9. The Balaban J connectivity index is 0.000000250. The number of aliphatic carboxylic acids is 1. The van der Waals surface area contributed by atoms with Gasteiger partial charge in [0.1, 0.15) is 0 Å². The number of nitrogens with zero attached hydrogens (tertiary/aromatic N) is 1. The van der Waals surface area contributed by atoms with E-state index in [1.54, 1.807) is 162 Å². The van der Waals surface area contributed by atoms with Crippen LogP contribution in [0.25, 0.3) is 0 Å². The van der Waals surface area contributed by atoms with E-state index in [4.69, 9.17) is 53.7 Å². The van der Waals surface area contributed by atoms with E-state index >= 15 is 0 Å². The topological polar surface area (TPSA) is 366 Å². The summed E-state index contributed by atoms with van der Waals surface area (Å²) in [6, 6.07) is 27.2. The average molecular weight is 2060 g/mol. The molecule has 4 aromatic carbocycles. The average Bonchev–Trinajstić information content (AvgIpc) is 1.32. The van der Waals surface area contributed by atoms with E-state index in [-0.39, 0.29) is 61.9 Å². The van der Waals surface area contributed by atoms with Crippen molar-refractivity contribution in [3.05, 3.63) is 119 Å². The lowest BCUT2D eigenvalue weighted by Gasteiger charge is -2.32. The van der Waals surface area contributed by atoms with Gasteiger partial charge in [0.2, 0.25) is 5.91 Å². The van der Waals surface area contributed by atoms with Crippen LogP contribution < -0.4 is 42.5 Å². The van der Waals surface area contributed by atoms with Crippen molar-refractivity contribution in [2.45, 2.75) is 374 Å². The Labute approximate surface area is 860 Å². The molecule has 29 heteroatoms. The van der Waals surface area contributed by atoms with E-state index in [2.05, 4.69) is 65.1 Å². The van der Waals surface area contributed by atoms with Gasteiger partial charge in [0.25, 0.3) is 17.7 Å². The molecule has 15 rings (SSSR count). The number of rotatable bonds is 30. The molecule has 25 nitrogen and oxygen atoms in total. The zero-order valence-electron chi connectivity index (χ0n) is 87.8. The third-order valence-corrected chi connectivity index (χ3v) is 35.6. The Hall–Kier alpha value is -7.98. The molecule has 12 N–H and O–H groups in total. The van der Waals surface area contributed by atoms with E-state index in [9.17, 15) is 47.0 Å². The summed E-state index contributed by atoms with van der Waals surface area (Å²) in [5.41, 5.74) is 22.1. The molecular formula is C114H180N9O16P4+. The summed E-state index contributed by atoms with van der Waals surface area (Å²) in [4.78, 5) is 73.3. The van der Waals surface area contributed by atoms with Crippen molar-refractivity contribution in [3.63, 3.8) is 0 Å². The lowest BCUT2D eigenvalue weighted by Crippen LogP contribution is -2.51. The maximum atomic E-state index is 12.2. The number of quaternary nitrogens is 1. The molecule has 143 heavy (non-hydrogen) atoms. The second-order valence-electron chi connectivity index (χ2n) is 39.8. The minimum absolute atomic E-state index is 0.0216. The number of amides is 4. The second-order valence-corrected chi connectivity index (χ2v) is 47.1. The summed E-state index contributed by atoms with van der Waals surface area (Å²) in [6.45, 7) is 9.38. The fraction of sp³-hybridized carbons (Fsp3) is 0.667. The number of hydroxylamine groups is 2. The van der Waals surface area contributed by atoms with Gasteiger partial charge in [-0.25, -0.2) is 4.79 Å². The highest BCUT2D eigenvalue weighted by molar-refractivity contribution is 7.66. The van der Waals surface area contributed by atoms with Crippen LogP contribution in [0.15, 0.2) is 97.1 Å². The van der Waals surface area contributed by atoms with Crippen molar-refractivity contribution < 1.29 is 80.8 Å². The smallest absolute Gasteiger partial charge is 0.367 e. The molecule has 4 aromatic rings. The number of nitrogens with one attached hydrogen (secondary N) is 6. The van der Waals surface area contributed by atoms with Gasteiger partial charge in [-0.2, -0.15) is 0 Å². The van der Waals surface area contributed by atoms with Gasteiger partial charge in [-0.1, -0.05) is 320 Å². The molecule has 4 unspecified atom stereocenters. The molecule has 1 aliphatic heterocycles. The summed E-state index contributed by atoms with van der Waals surface area (Å²) in [5.74, 6) is 6.69.